The molecule has 0 radical (unpaired) electrons. The summed E-state index contributed by atoms with van der Waals surface area (Å²) in [4.78, 5) is 23.1. The Morgan fingerprint density at radius 1 is 0.594 bits per heavy atom. The van der Waals surface area contributed by atoms with Gasteiger partial charge in [0.25, 0.3) is 0 Å². The second-order valence-electron chi connectivity index (χ2n) is 5.50. The van der Waals surface area contributed by atoms with E-state index < -0.39 is 11.9 Å². The molecule has 0 fully saturated rings. The zero-order chi connectivity index (χ0) is 22.5. The van der Waals surface area contributed by atoms with Gasteiger partial charge < -0.3 is 30.4 Å². The number of benzene rings is 3. The van der Waals surface area contributed by atoms with Crippen LogP contribution in [0.5, 0.6) is 0 Å². The minimum Gasteiger partial charge on any atom is -0.545 e. The Balaban J connectivity index is 0. The molecular formula is C24H26N2O4Rb2. The predicted molar refractivity (Wildman–Crippen MR) is 117 cm³/mol. The van der Waals surface area contributed by atoms with Crippen molar-refractivity contribution in [1.29, 1.82) is 0 Å². The second-order valence-corrected chi connectivity index (χ2v) is 5.50. The first-order chi connectivity index (χ1) is 14.5. The fourth-order valence-corrected chi connectivity index (χ4v) is 2.50. The van der Waals surface area contributed by atoms with Crippen LogP contribution in [0.1, 0.15) is 48.4 Å². The number of para-hydroxylation sites is 2. The summed E-state index contributed by atoms with van der Waals surface area (Å²) in [6, 6.07) is 20.1. The Bertz CT molecular complexity index is 874. The molecule has 0 amide bonds. The monoisotopic (exact) mass is 576 g/mol. The van der Waals surface area contributed by atoms with E-state index in [-0.39, 0.29) is 139 Å². The van der Waals surface area contributed by atoms with E-state index in [0.717, 1.165) is 0 Å². The molecule has 0 unspecified atom stereocenters. The van der Waals surface area contributed by atoms with Crippen molar-refractivity contribution in [2.45, 2.75) is 27.7 Å². The molecule has 158 valence electrons. The molecule has 0 bridgehead atoms. The van der Waals surface area contributed by atoms with E-state index in [4.69, 9.17) is 0 Å². The smallest absolute Gasteiger partial charge is 0.545 e. The molecule has 0 aliphatic heterocycles. The minimum atomic E-state index is -1.43. The van der Waals surface area contributed by atoms with E-state index in [0.29, 0.717) is 11.4 Å². The van der Waals surface area contributed by atoms with Gasteiger partial charge in [-0.05, 0) is 36.4 Å². The molecule has 0 atom stereocenters. The van der Waals surface area contributed by atoms with Gasteiger partial charge in [0.1, 0.15) is 0 Å². The molecule has 0 saturated heterocycles. The molecule has 0 spiro atoms. The Hall–Kier alpha value is -0.190. The van der Waals surface area contributed by atoms with Crippen molar-refractivity contribution in [2.24, 2.45) is 0 Å². The number of rotatable bonds is 6. The van der Waals surface area contributed by atoms with Gasteiger partial charge in [-0.1, -0.05) is 64.1 Å². The third-order valence-corrected chi connectivity index (χ3v) is 3.70. The molecule has 3 aromatic carbocycles. The van der Waals surface area contributed by atoms with Crippen LogP contribution in [0.2, 0.25) is 0 Å². The molecule has 32 heavy (non-hydrogen) atoms. The fraction of sp³-hybridized carbons (Fsp3) is 0.167. The summed E-state index contributed by atoms with van der Waals surface area (Å²) >= 11 is 0. The number of carboxylic acids is 2. The number of carboxylic acid groups (broad SMARTS) is 2. The first-order valence-corrected chi connectivity index (χ1v) is 9.79. The van der Waals surface area contributed by atoms with Gasteiger partial charge in [-0.2, -0.15) is 0 Å². The molecule has 8 heteroatoms. The number of aromatic carboxylic acids is 2. The number of hydrogen-bond donors (Lipinski definition) is 2. The van der Waals surface area contributed by atoms with Crippen molar-refractivity contribution in [3.63, 3.8) is 0 Å². The summed E-state index contributed by atoms with van der Waals surface area (Å²) in [5.74, 6) is -2.85. The number of nitrogens with one attached hydrogen (secondary N) is 2. The Morgan fingerprint density at radius 3 is 1.12 bits per heavy atom. The van der Waals surface area contributed by atoms with E-state index >= 15 is 0 Å². The van der Waals surface area contributed by atoms with Crippen molar-refractivity contribution < 1.29 is 136 Å². The van der Waals surface area contributed by atoms with Crippen molar-refractivity contribution in [1.82, 2.24) is 0 Å². The molecule has 0 aliphatic carbocycles. The van der Waals surface area contributed by atoms with Crippen LogP contribution < -0.4 is 137 Å². The molecule has 0 aliphatic rings. The molecule has 6 nitrogen and oxygen atoms in total. The van der Waals surface area contributed by atoms with Crippen LogP contribution in [0.25, 0.3) is 0 Å². The van der Waals surface area contributed by atoms with Gasteiger partial charge in [0, 0.05) is 33.9 Å². The summed E-state index contributed by atoms with van der Waals surface area (Å²) < 4.78 is 0. The summed E-state index contributed by atoms with van der Waals surface area (Å²) in [6.45, 7) is 8.00. The number of hydrogen-bond acceptors (Lipinski definition) is 6. The molecule has 3 rings (SSSR count). The largest absolute Gasteiger partial charge is 1.00 e. The van der Waals surface area contributed by atoms with Gasteiger partial charge in [0.05, 0.1) is 11.9 Å². The standard InChI is InChI=1S/C20H16N2O4.2C2H6.2Rb/c23-19(24)15-12-18(22-14-9-5-2-6-10-14)16(20(25)26)11-17(15)21-13-7-3-1-4-8-13;2*1-2;;/h1-12,21-22H,(H,23,24)(H,25,26);2*1-2H3;;/q;;;2*+1/p-2. The maximum atomic E-state index is 11.6. The number of anilines is 4. The van der Waals surface area contributed by atoms with Crippen LogP contribution in [0.15, 0.2) is 72.8 Å². The van der Waals surface area contributed by atoms with Gasteiger partial charge in [-0.25, -0.2) is 0 Å². The Labute approximate surface area is 287 Å². The first-order valence-electron chi connectivity index (χ1n) is 9.79. The minimum absolute atomic E-state index is 0. The van der Waals surface area contributed by atoms with E-state index in [1.54, 1.807) is 48.5 Å². The molecule has 0 heterocycles. The van der Waals surface area contributed by atoms with Crippen molar-refractivity contribution in [3.05, 3.63) is 83.9 Å². The second kappa shape index (κ2) is 19.2. The van der Waals surface area contributed by atoms with Crippen LogP contribution in [-0.4, -0.2) is 11.9 Å². The summed E-state index contributed by atoms with van der Waals surface area (Å²) in [5.41, 5.74) is 1.10. The van der Waals surface area contributed by atoms with Gasteiger partial charge in [0.15, 0.2) is 0 Å². The first kappa shape index (κ1) is 34.0. The molecule has 2 N–H and O–H groups in total. The third kappa shape index (κ3) is 10.8. The number of carbonyl (C=O) groups excluding carboxylic acids is 2. The van der Waals surface area contributed by atoms with Crippen molar-refractivity contribution >= 4 is 34.7 Å². The zero-order valence-corrected chi connectivity index (χ0v) is 29.4. The average molecular weight is 577 g/mol. The van der Waals surface area contributed by atoms with E-state index in [1.807, 2.05) is 39.8 Å². The van der Waals surface area contributed by atoms with E-state index in [1.165, 1.54) is 12.1 Å². The Kier molecular flexibility index (Phi) is 20.3. The van der Waals surface area contributed by atoms with Crippen LogP contribution in [0.3, 0.4) is 0 Å². The maximum absolute atomic E-state index is 11.6. The normalized spacial score (nSPS) is 8.62. The fourth-order valence-electron chi connectivity index (χ4n) is 2.50. The number of carbonyl (C=O) groups is 2. The predicted octanol–water partition coefficient (Wildman–Crippen LogP) is -2.04. The third-order valence-electron chi connectivity index (χ3n) is 3.70. The van der Waals surface area contributed by atoms with Crippen LogP contribution >= 0.6 is 0 Å². The van der Waals surface area contributed by atoms with Gasteiger partial charge in [-0.3, -0.25) is 0 Å². The SMILES string of the molecule is CC.CC.O=C([O-])c1cc(Nc2ccccc2)c(C(=O)[O-])cc1Nc1ccccc1.[Rb+].[Rb+]. The molecule has 3 aromatic rings. The van der Waals surface area contributed by atoms with Crippen LogP contribution in [0.4, 0.5) is 22.7 Å². The van der Waals surface area contributed by atoms with E-state index in [2.05, 4.69) is 10.6 Å². The summed E-state index contributed by atoms with van der Waals surface area (Å²) in [7, 11) is 0. The molecule has 0 aromatic heterocycles. The van der Waals surface area contributed by atoms with E-state index in [9.17, 15) is 19.8 Å². The average Bonchev–Trinajstić information content (AvgIpc) is 2.78. The summed E-state index contributed by atoms with van der Waals surface area (Å²) in [6.07, 6.45) is 0. The quantitative estimate of drug-likeness (QED) is 0.350. The zero-order valence-electron chi connectivity index (χ0n) is 19.6. The van der Waals surface area contributed by atoms with Crippen molar-refractivity contribution in [3.8, 4) is 0 Å². The molecule has 0 saturated carbocycles. The van der Waals surface area contributed by atoms with Gasteiger partial charge in [-0.15, -0.1) is 0 Å². The molecular weight excluding hydrogens is 551 g/mol. The van der Waals surface area contributed by atoms with Crippen molar-refractivity contribution in [2.75, 3.05) is 10.6 Å². The Morgan fingerprint density at radius 2 is 0.875 bits per heavy atom. The topological polar surface area (TPSA) is 104 Å². The van der Waals surface area contributed by atoms with Gasteiger partial charge >= 0.3 is 116 Å². The van der Waals surface area contributed by atoms with Crippen LogP contribution in [0, 0.1) is 0 Å². The maximum Gasteiger partial charge on any atom is 1.00 e. The van der Waals surface area contributed by atoms with Crippen LogP contribution in [-0.2, 0) is 0 Å². The summed E-state index contributed by atoms with van der Waals surface area (Å²) in [5, 5.41) is 28.9. The van der Waals surface area contributed by atoms with Gasteiger partial charge in [0.2, 0.25) is 0 Å².